The summed E-state index contributed by atoms with van der Waals surface area (Å²) in [6, 6.07) is 16.7. The molecule has 150 valence electrons. The molecule has 0 N–H and O–H groups in total. The molecule has 28 heavy (non-hydrogen) atoms. The summed E-state index contributed by atoms with van der Waals surface area (Å²) in [7, 11) is 3.25. The zero-order chi connectivity index (χ0) is 20.4. The van der Waals surface area contributed by atoms with Gasteiger partial charge in [0.05, 0.1) is 4.92 Å². The van der Waals surface area contributed by atoms with Gasteiger partial charge in [-0.25, -0.2) is 0 Å². The van der Waals surface area contributed by atoms with Crippen LogP contribution in [0, 0.1) is 10.1 Å². The second-order valence-corrected chi connectivity index (χ2v) is 6.63. The quantitative estimate of drug-likeness (QED) is 0.237. The number of nitro benzene ring substituents is 1. The zero-order valence-electron chi connectivity index (χ0n) is 16.7. The fourth-order valence-electron chi connectivity index (χ4n) is 3.32. The fourth-order valence-corrected chi connectivity index (χ4v) is 3.32. The van der Waals surface area contributed by atoms with E-state index in [0.717, 1.165) is 5.56 Å². The molecule has 0 saturated carbocycles. The molecular weight excluding hydrogens is 356 g/mol. The van der Waals surface area contributed by atoms with Crippen LogP contribution in [0.3, 0.4) is 0 Å². The Balaban J connectivity index is 2.25. The maximum absolute atomic E-state index is 11.5. The molecular formula is C22H28N2O4. The third kappa shape index (κ3) is 5.71. The maximum Gasteiger partial charge on any atom is 0.272 e. The second kappa shape index (κ2) is 10.7. The van der Waals surface area contributed by atoms with Gasteiger partial charge in [0.25, 0.3) is 5.69 Å². The lowest BCUT2D eigenvalue weighted by molar-refractivity contribution is -0.385. The van der Waals surface area contributed by atoms with Gasteiger partial charge in [-0.1, -0.05) is 55.5 Å². The van der Waals surface area contributed by atoms with Gasteiger partial charge in [0, 0.05) is 50.9 Å². The van der Waals surface area contributed by atoms with Gasteiger partial charge in [0.2, 0.25) is 0 Å². The van der Waals surface area contributed by atoms with Crippen molar-refractivity contribution in [1.82, 2.24) is 0 Å². The number of benzene rings is 2. The lowest BCUT2D eigenvalue weighted by atomic mass is 9.90. The monoisotopic (exact) mass is 384 g/mol. The summed E-state index contributed by atoms with van der Waals surface area (Å²) in [5.41, 5.74) is 1.81. The van der Waals surface area contributed by atoms with Crippen molar-refractivity contribution in [2.24, 2.45) is 4.99 Å². The molecule has 0 aliphatic heterocycles. The van der Waals surface area contributed by atoms with Crippen LogP contribution >= 0.6 is 0 Å². The minimum absolute atomic E-state index is 0.113. The molecule has 0 bridgehead atoms. The van der Waals surface area contributed by atoms with Gasteiger partial charge in [0.1, 0.15) is 0 Å². The predicted molar refractivity (Wildman–Crippen MR) is 111 cm³/mol. The van der Waals surface area contributed by atoms with E-state index in [0.29, 0.717) is 31.4 Å². The second-order valence-electron chi connectivity index (χ2n) is 6.63. The zero-order valence-corrected chi connectivity index (χ0v) is 16.7. The third-order valence-electron chi connectivity index (χ3n) is 5.10. The van der Waals surface area contributed by atoms with Crippen LogP contribution in [0.15, 0.2) is 59.6 Å². The van der Waals surface area contributed by atoms with Crippen molar-refractivity contribution >= 4 is 11.9 Å². The van der Waals surface area contributed by atoms with Gasteiger partial charge in [-0.3, -0.25) is 15.1 Å². The molecule has 6 heteroatoms. The summed E-state index contributed by atoms with van der Waals surface area (Å²) in [6.07, 6.45) is 3.78. The molecule has 1 atom stereocenters. The molecule has 2 aromatic rings. The average molecular weight is 384 g/mol. The van der Waals surface area contributed by atoms with Gasteiger partial charge < -0.3 is 9.47 Å². The maximum atomic E-state index is 11.5. The largest absolute Gasteiger partial charge is 0.353 e. The van der Waals surface area contributed by atoms with Crippen molar-refractivity contribution in [2.45, 2.75) is 37.9 Å². The summed E-state index contributed by atoms with van der Waals surface area (Å²) >= 11 is 0. The number of para-hydroxylation sites is 1. The molecule has 0 aliphatic rings. The van der Waals surface area contributed by atoms with Crippen molar-refractivity contribution in [3.05, 3.63) is 75.8 Å². The van der Waals surface area contributed by atoms with Gasteiger partial charge in [-0.05, 0) is 18.4 Å². The van der Waals surface area contributed by atoms with Crippen LogP contribution < -0.4 is 0 Å². The van der Waals surface area contributed by atoms with Gasteiger partial charge in [0.15, 0.2) is 5.79 Å². The summed E-state index contributed by atoms with van der Waals surface area (Å²) < 4.78 is 11.2. The number of nitrogens with zero attached hydrogens (tertiary/aromatic N) is 2. The van der Waals surface area contributed by atoms with E-state index in [4.69, 9.17) is 9.47 Å². The van der Waals surface area contributed by atoms with Crippen LogP contribution in [0.4, 0.5) is 5.69 Å². The van der Waals surface area contributed by atoms with Crippen LogP contribution in [0.1, 0.15) is 43.2 Å². The van der Waals surface area contributed by atoms with E-state index in [9.17, 15) is 10.1 Å². The number of hydrogen-bond donors (Lipinski definition) is 0. The van der Waals surface area contributed by atoms with Crippen molar-refractivity contribution in [3.63, 3.8) is 0 Å². The molecule has 0 amide bonds. The van der Waals surface area contributed by atoms with E-state index >= 15 is 0 Å². The Morgan fingerprint density at radius 3 is 2.36 bits per heavy atom. The molecule has 6 nitrogen and oxygen atoms in total. The number of rotatable bonds is 11. The standard InChI is InChI=1S/C22H28N2O4/c1-4-22(27-2,28-3)15-14-19(17-23-16-18-10-6-5-7-11-18)20-12-8-9-13-21(20)24(25)26/h5-13,16,19H,4,14-15,17H2,1-3H3/b23-16+. The summed E-state index contributed by atoms with van der Waals surface area (Å²) in [4.78, 5) is 15.7. The number of nitro groups is 1. The molecule has 0 aliphatic carbocycles. The van der Waals surface area contributed by atoms with Crippen LogP contribution in [0.5, 0.6) is 0 Å². The third-order valence-corrected chi connectivity index (χ3v) is 5.10. The normalized spacial score (nSPS) is 13.0. The van der Waals surface area contributed by atoms with E-state index in [1.165, 1.54) is 0 Å². The number of aliphatic imine (C=N–C) groups is 1. The van der Waals surface area contributed by atoms with Crippen LogP contribution in [-0.4, -0.2) is 37.7 Å². The van der Waals surface area contributed by atoms with Crippen LogP contribution in [0.25, 0.3) is 0 Å². The van der Waals surface area contributed by atoms with E-state index in [1.807, 2.05) is 55.6 Å². The van der Waals surface area contributed by atoms with E-state index < -0.39 is 5.79 Å². The highest BCUT2D eigenvalue weighted by atomic mass is 16.7. The smallest absolute Gasteiger partial charge is 0.272 e. The van der Waals surface area contributed by atoms with Gasteiger partial charge in [-0.15, -0.1) is 0 Å². The minimum atomic E-state index is -0.690. The SMILES string of the molecule is CCC(CCC(C/N=C/c1ccccc1)c1ccccc1[N+](=O)[O-])(OC)OC. The van der Waals surface area contributed by atoms with Gasteiger partial charge in [-0.2, -0.15) is 0 Å². The lowest BCUT2D eigenvalue weighted by Gasteiger charge is -2.31. The molecule has 0 saturated heterocycles. The van der Waals surface area contributed by atoms with Crippen molar-refractivity contribution in [2.75, 3.05) is 20.8 Å². The van der Waals surface area contributed by atoms with E-state index in [-0.39, 0.29) is 16.5 Å². The molecule has 0 heterocycles. The minimum Gasteiger partial charge on any atom is -0.353 e. The van der Waals surface area contributed by atoms with E-state index in [1.54, 1.807) is 26.4 Å². The first kappa shape index (κ1) is 21.7. The van der Waals surface area contributed by atoms with Crippen molar-refractivity contribution in [1.29, 1.82) is 0 Å². The number of ether oxygens (including phenoxy) is 2. The topological polar surface area (TPSA) is 74.0 Å². The van der Waals surface area contributed by atoms with Crippen molar-refractivity contribution < 1.29 is 14.4 Å². The Hall–Kier alpha value is -2.57. The van der Waals surface area contributed by atoms with Crippen LogP contribution in [0.2, 0.25) is 0 Å². The molecule has 2 aromatic carbocycles. The molecule has 2 rings (SSSR count). The van der Waals surface area contributed by atoms with E-state index in [2.05, 4.69) is 4.99 Å². The Morgan fingerprint density at radius 2 is 1.75 bits per heavy atom. The molecule has 0 spiro atoms. The van der Waals surface area contributed by atoms with Crippen LogP contribution in [-0.2, 0) is 9.47 Å². The number of hydrogen-bond acceptors (Lipinski definition) is 5. The molecule has 1 unspecified atom stereocenters. The first-order chi connectivity index (χ1) is 13.5. The lowest BCUT2D eigenvalue weighted by Crippen LogP contribution is -2.33. The highest BCUT2D eigenvalue weighted by molar-refractivity contribution is 5.79. The molecule has 0 aromatic heterocycles. The fraction of sp³-hybridized carbons (Fsp3) is 0.409. The summed E-state index contributed by atoms with van der Waals surface area (Å²) in [6.45, 7) is 2.45. The summed E-state index contributed by atoms with van der Waals surface area (Å²) in [5.74, 6) is -0.803. The highest BCUT2D eigenvalue weighted by Gasteiger charge is 2.30. The number of methoxy groups -OCH3 is 2. The molecule has 0 fully saturated rings. The predicted octanol–water partition coefficient (Wildman–Crippen LogP) is 4.98. The Kier molecular flexibility index (Phi) is 8.29. The first-order valence-electron chi connectivity index (χ1n) is 9.43. The first-order valence-corrected chi connectivity index (χ1v) is 9.43. The summed E-state index contributed by atoms with van der Waals surface area (Å²) in [5, 5.41) is 11.5. The molecule has 0 radical (unpaired) electrons. The van der Waals surface area contributed by atoms with Crippen molar-refractivity contribution in [3.8, 4) is 0 Å². The Labute approximate surface area is 166 Å². The highest BCUT2D eigenvalue weighted by Crippen LogP contribution is 2.33. The average Bonchev–Trinajstić information content (AvgIpc) is 2.74. The Bertz CT molecular complexity index is 765. The van der Waals surface area contributed by atoms with Gasteiger partial charge >= 0.3 is 0 Å². The Morgan fingerprint density at radius 1 is 1.11 bits per heavy atom.